The maximum Gasteiger partial charge on any atom is 0.258 e. The molecule has 0 unspecified atom stereocenters. The van der Waals surface area contributed by atoms with Crippen molar-refractivity contribution in [3.8, 4) is 0 Å². The Morgan fingerprint density at radius 3 is 2.52 bits per heavy atom. The third kappa shape index (κ3) is 3.19. The van der Waals surface area contributed by atoms with Crippen molar-refractivity contribution >= 4 is 27.3 Å². The first-order valence-corrected chi connectivity index (χ1v) is 9.09. The summed E-state index contributed by atoms with van der Waals surface area (Å²) >= 11 is 0. The van der Waals surface area contributed by atoms with Crippen LogP contribution < -0.4 is 9.62 Å². The zero-order valence-corrected chi connectivity index (χ0v) is 13.8. The van der Waals surface area contributed by atoms with Crippen LogP contribution in [-0.4, -0.2) is 27.1 Å². The van der Waals surface area contributed by atoms with Gasteiger partial charge in [0, 0.05) is 12.2 Å². The van der Waals surface area contributed by atoms with Crippen LogP contribution in [0.3, 0.4) is 0 Å². The van der Waals surface area contributed by atoms with Gasteiger partial charge < -0.3 is 5.32 Å². The lowest BCUT2D eigenvalue weighted by Crippen LogP contribution is -2.27. The van der Waals surface area contributed by atoms with Crippen LogP contribution in [0, 0.1) is 17.5 Å². The van der Waals surface area contributed by atoms with Crippen molar-refractivity contribution in [3.05, 3.63) is 58.9 Å². The Labute approximate surface area is 142 Å². The molecule has 0 saturated heterocycles. The minimum Gasteiger partial charge on any atom is -0.322 e. The van der Waals surface area contributed by atoms with E-state index in [1.54, 1.807) is 6.07 Å². The third-order valence-electron chi connectivity index (χ3n) is 3.88. The lowest BCUT2D eigenvalue weighted by molar-refractivity contribution is 0.102. The fourth-order valence-corrected chi connectivity index (χ4v) is 3.62. The number of nitrogens with one attached hydrogen (secondary N) is 1. The molecule has 0 radical (unpaired) electrons. The van der Waals surface area contributed by atoms with Crippen molar-refractivity contribution in [2.45, 2.75) is 6.42 Å². The van der Waals surface area contributed by atoms with Gasteiger partial charge >= 0.3 is 0 Å². The van der Waals surface area contributed by atoms with E-state index < -0.39 is 38.9 Å². The molecule has 0 saturated carbocycles. The summed E-state index contributed by atoms with van der Waals surface area (Å²) in [7, 11) is -3.46. The van der Waals surface area contributed by atoms with Gasteiger partial charge in [0.05, 0.1) is 17.5 Å². The molecule has 0 aliphatic carbocycles. The normalized spacial score (nSPS) is 13.7. The second-order valence-corrected chi connectivity index (χ2v) is 7.51. The lowest BCUT2D eigenvalue weighted by Gasteiger charge is -2.17. The molecule has 0 spiro atoms. The molecule has 1 aliphatic heterocycles. The van der Waals surface area contributed by atoms with E-state index in [1.165, 1.54) is 16.4 Å². The Morgan fingerprint density at radius 1 is 1.12 bits per heavy atom. The molecule has 0 aromatic heterocycles. The molecular weight excluding hydrogens is 357 g/mol. The van der Waals surface area contributed by atoms with Gasteiger partial charge in [0.1, 0.15) is 0 Å². The molecule has 0 fully saturated rings. The summed E-state index contributed by atoms with van der Waals surface area (Å²) < 4.78 is 64.6. The van der Waals surface area contributed by atoms with E-state index in [0.717, 1.165) is 17.9 Å². The van der Waals surface area contributed by atoms with Crippen molar-refractivity contribution in [2.75, 3.05) is 22.4 Å². The predicted octanol–water partition coefficient (Wildman–Crippen LogP) is 2.68. The summed E-state index contributed by atoms with van der Waals surface area (Å²) in [6.07, 6.45) is 1.61. The maximum absolute atomic E-state index is 13.7. The molecule has 0 bridgehead atoms. The fourth-order valence-electron chi connectivity index (χ4n) is 2.67. The number of carbonyl (C=O) groups excluding carboxylic acids is 1. The van der Waals surface area contributed by atoms with Crippen LogP contribution in [0.25, 0.3) is 0 Å². The summed E-state index contributed by atoms with van der Waals surface area (Å²) in [5.74, 6) is -5.68. The molecule has 1 aliphatic rings. The van der Waals surface area contributed by atoms with E-state index in [-0.39, 0.29) is 5.69 Å². The molecule has 3 rings (SSSR count). The Kier molecular flexibility index (Phi) is 4.19. The SMILES string of the molecule is CS(=O)(=O)N1CCc2ccc(NC(=O)c3ccc(F)c(F)c3F)cc21. The number of nitrogens with zero attached hydrogens (tertiary/aromatic N) is 1. The summed E-state index contributed by atoms with van der Waals surface area (Å²) in [5, 5.41) is 2.36. The minimum atomic E-state index is -3.46. The van der Waals surface area contributed by atoms with Gasteiger partial charge in [0.25, 0.3) is 5.91 Å². The second kappa shape index (κ2) is 6.07. The predicted molar refractivity (Wildman–Crippen MR) is 86.6 cm³/mol. The topological polar surface area (TPSA) is 66.5 Å². The number of anilines is 2. The first-order valence-electron chi connectivity index (χ1n) is 7.24. The van der Waals surface area contributed by atoms with E-state index in [4.69, 9.17) is 0 Å². The van der Waals surface area contributed by atoms with Gasteiger partial charge in [-0.25, -0.2) is 21.6 Å². The number of benzene rings is 2. The highest BCUT2D eigenvalue weighted by atomic mass is 32.2. The van der Waals surface area contributed by atoms with Crippen molar-refractivity contribution in [2.24, 2.45) is 0 Å². The Hall–Kier alpha value is -2.55. The second-order valence-electron chi connectivity index (χ2n) is 5.61. The first kappa shape index (κ1) is 17.3. The zero-order chi connectivity index (χ0) is 18.4. The van der Waals surface area contributed by atoms with Crippen LogP contribution in [0.4, 0.5) is 24.5 Å². The smallest absolute Gasteiger partial charge is 0.258 e. The Morgan fingerprint density at radius 2 is 1.84 bits per heavy atom. The summed E-state index contributed by atoms with van der Waals surface area (Å²) in [6.45, 7) is 0.295. The van der Waals surface area contributed by atoms with Crippen molar-refractivity contribution in [1.29, 1.82) is 0 Å². The minimum absolute atomic E-state index is 0.212. The van der Waals surface area contributed by atoms with Crippen LogP contribution in [0.15, 0.2) is 30.3 Å². The van der Waals surface area contributed by atoms with Crippen LogP contribution in [0.5, 0.6) is 0 Å². The van der Waals surface area contributed by atoms with E-state index in [0.29, 0.717) is 24.7 Å². The van der Waals surface area contributed by atoms with Crippen LogP contribution in [-0.2, 0) is 16.4 Å². The largest absolute Gasteiger partial charge is 0.322 e. The van der Waals surface area contributed by atoms with E-state index >= 15 is 0 Å². The van der Waals surface area contributed by atoms with Gasteiger partial charge in [-0.1, -0.05) is 6.07 Å². The third-order valence-corrected chi connectivity index (χ3v) is 5.06. The molecular formula is C16H13F3N2O3S. The average Bonchev–Trinajstić information content (AvgIpc) is 2.96. The van der Waals surface area contributed by atoms with Gasteiger partial charge in [-0.05, 0) is 36.2 Å². The van der Waals surface area contributed by atoms with Crippen molar-refractivity contribution in [3.63, 3.8) is 0 Å². The molecule has 2 aromatic rings. The Balaban J connectivity index is 1.90. The average molecular weight is 370 g/mol. The van der Waals surface area contributed by atoms with Gasteiger partial charge in [-0.15, -0.1) is 0 Å². The number of rotatable bonds is 3. The molecule has 1 N–H and O–H groups in total. The maximum atomic E-state index is 13.7. The molecule has 132 valence electrons. The fraction of sp³-hybridized carbons (Fsp3) is 0.188. The molecule has 9 heteroatoms. The molecule has 2 aromatic carbocycles. The van der Waals surface area contributed by atoms with E-state index in [1.807, 2.05) is 0 Å². The van der Waals surface area contributed by atoms with Crippen LogP contribution in [0.1, 0.15) is 15.9 Å². The monoisotopic (exact) mass is 370 g/mol. The van der Waals surface area contributed by atoms with E-state index in [2.05, 4.69) is 5.32 Å². The molecule has 5 nitrogen and oxygen atoms in total. The van der Waals surface area contributed by atoms with Gasteiger partial charge in [-0.3, -0.25) is 9.10 Å². The number of carbonyl (C=O) groups is 1. The standard InChI is InChI=1S/C16H13F3N2O3S/c1-25(23,24)21-7-6-9-2-3-10(8-13(9)21)20-16(22)11-4-5-12(17)15(19)14(11)18/h2-5,8H,6-7H2,1H3,(H,20,22). The van der Waals surface area contributed by atoms with Crippen molar-refractivity contribution < 1.29 is 26.4 Å². The van der Waals surface area contributed by atoms with Crippen LogP contribution in [0.2, 0.25) is 0 Å². The van der Waals surface area contributed by atoms with Crippen LogP contribution >= 0.6 is 0 Å². The highest BCUT2D eigenvalue weighted by molar-refractivity contribution is 7.92. The van der Waals surface area contributed by atoms with Gasteiger partial charge in [0.2, 0.25) is 10.0 Å². The number of fused-ring (bicyclic) bond motifs is 1. The quantitative estimate of drug-likeness (QED) is 0.845. The highest BCUT2D eigenvalue weighted by Gasteiger charge is 2.27. The summed E-state index contributed by atoms with van der Waals surface area (Å²) in [6, 6.07) is 6.11. The summed E-state index contributed by atoms with van der Waals surface area (Å²) in [4.78, 5) is 12.1. The molecule has 1 amide bonds. The zero-order valence-electron chi connectivity index (χ0n) is 13.0. The molecule has 25 heavy (non-hydrogen) atoms. The first-order chi connectivity index (χ1) is 11.7. The summed E-state index contributed by atoms with van der Waals surface area (Å²) in [5.41, 5.74) is 0.774. The number of halogens is 3. The van der Waals surface area contributed by atoms with Gasteiger partial charge in [-0.2, -0.15) is 0 Å². The lowest BCUT2D eigenvalue weighted by atomic mass is 10.1. The number of sulfonamides is 1. The highest BCUT2D eigenvalue weighted by Crippen LogP contribution is 2.32. The number of hydrogen-bond acceptors (Lipinski definition) is 3. The molecule has 0 atom stereocenters. The van der Waals surface area contributed by atoms with Gasteiger partial charge in [0.15, 0.2) is 17.5 Å². The number of hydrogen-bond donors (Lipinski definition) is 1. The van der Waals surface area contributed by atoms with E-state index in [9.17, 15) is 26.4 Å². The van der Waals surface area contributed by atoms with Crippen molar-refractivity contribution in [1.82, 2.24) is 0 Å². The Bertz CT molecular complexity index is 977. The molecule has 1 heterocycles. The number of amides is 1.